The highest BCUT2D eigenvalue weighted by molar-refractivity contribution is 5.86. The molecule has 0 spiro atoms. The molecule has 8 aromatic carbocycles. The second-order valence-corrected chi connectivity index (χ2v) is 15.6. The minimum absolute atomic E-state index is 0.258. The second kappa shape index (κ2) is 17.5. The van der Waals surface area contributed by atoms with Crippen molar-refractivity contribution >= 4 is 33.9 Å². The van der Waals surface area contributed by atoms with E-state index < -0.39 is 0 Å². The summed E-state index contributed by atoms with van der Waals surface area (Å²) in [6, 6.07) is 78.0. The molecule has 0 saturated heterocycles. The molecule has 8 rings (SSSR count). The van der Waals surface area contributed by atoms with Gasteiger partial charge in [-0.15, -0.1) is 0 Å². The van der Waals surface area contributed by atoms with Crippen LogP contribution < -0.4 is 9.80 Å². The highest BCUT2D eigenvalue weighted by Crippen LogP contribution is 2.40. The first kappa shape index (κ1) is 38.7. The molecule has 288 valence electrons. The van der Waals surface area contributed by atoms with Crippen molar-refractivity contribution in [1.82, 2.24) is 0 Å². The van der Waals surface area contributed by atoms with E-state index >= 15 is 0 Å². The smallest absolute Gasteiger partial charge is 0.0485 e. The lowest BCUT2D eigenvalue weighted by Gasteiger charge is -2.31. The van der Waals surface area contributed by atoms with Crippen LogP contribution in [0, 0.1) is 13.8 Å². The molecule has 0 fully saturated rings. The zero-order valence-electron chi connectivity index (χ0n) is 34.3. The average Bonchev–Trinajstić information content (AvgIpc) is 3.29. The molecular weight excluding hydrogens is 713 g/mol. The fourth-order valence-electron chi connectivity index (χ4n) is 7.90. The predicted octanol–water partition coefficient (Wildman–Crippen LogP) is 15.1. The molecule has 0 bridgehead atoms. The topological polar surface area (TPSA) is 6.48 Å². The van der Waals surface area contributed by atoms with Gasteiger partial charge in [0, 0.05) is 51.7 Å². The predicted molar refractivity (Wildman–Crippen MR) is 252 cm³/mol. The Kier molecular flexibility index (Phi) is 11.5. The summed E-state index contributed by atoms with van der Waals surface area (Å²) < 4.78 is 0. The lowest BCUT2D eigenvalue weighted by molar-refractivity contribution is 0.639. The van der Waals surface area contributed by atoms with Crippen LogP contribution in [0.5, 0.6) is 0 Å². The van der Waals surface area contributed by atoms with Crippen molar-refractivity contribution in [2.45, 2.75) is 33.1 Å². The van der Waals surface area contributed by atoms with Crippen LogP contribution in [0.2, 0.25) is 0 Å². The Morgan fingerprint density at radius 3 is 0.898 bits per heavy atom. The molecule has 2 heteroatoms. The number of benzene rings is 8. The number of nitrogens with zero attached hydrogens (tertiary/aromatic N) is 2. The summed E-state index contributed by atoms with van der Waals surface area (Å²) in [5.74, 6) is 0. The highest BCUT2D eigenvalue weighted by atomic mass is 15.1. The molecule has 0 aliphatic carbocycles. The van der Waals surface area contributed by atoms with E-state index in [0.717, 1.165) is 33.9 Å². The summed E-state index contributed by atoms with van der Waals surface area (Å²) in [5.41, 5.74) is 16.2. The molecule has 0 saturated carbocycles. The summed E-state index contributed by atoms with van der Waals surface area (Å²) in [5, 5.41) is 0. The SMILES string of the molecule is Cc1cc(C(C)(C)c2ccc(N(C=C(c3ccccc3)c3ccccc3)c3ccccc3)c(C)c2)ccc1N(C=C(c1ccccc1)c1ccccc1)c1ccccc1. The lowest BCUT2D eigenvalue weighted by Crippen LogP contribution is -2.21. The van der Waals surface area contributed by atoms with Crippen molar-refractivity contribution in [1.29, 1.82) is 0 Å². The van der Waals surface area contributed by atoms with E-state index in [4.69, 9.17) is 0 Å². The minimum Gasteiger partial charge on any atom is -0.316 e. The van der Waals surface area contributed by atoms with Gasteiger partial charge in [-0.1, -0.05) is 196 Å². The zero-order chi connectivity index (χ0) is 40.6. The van der Waals surface area contributed by atoms with Crippen molar-refractivity contribution in [2.75, 3.05) is 9.80 Å². The van der Waals surface area contributed by atoms with Crippen LogP contribution >= 0.6 is 0 Å². The Morgan fingerprint density at radius 2 is 0.627 bits per heavy atom. The summed E-state index contributed by atoms with van der Waals surface area (Å²) >= 11 is 0. The Labute approximate surface area is 350 Å². The fourth-order valence-corrected chi connectivity index (χ4v) is 7.90. The number of hydrogen-bond donors (Lipinski definition) is 0. The van der Waals surface area contributed by atoms with E-state index in [0.29, 0.717) is 0 Å². The van der Waals surface area contributed by atoms with Gasteiger partial charge in [0.05, 0.1) is 0 Å². The maximum absolute atomic E-state index is 2.37. The molecule has 0 amide bonds. The average molecular weight is 763 g/mol. The minimum atomic E-state index is -0.258. The third-order valence-electron chi connectivity index (χ3n) is 11.3. The summed E-state index contributed by atoms with van der Waals surface area (Å²) in [4.78, 5) is 4.68. The van der Waals surface area contributed by atoms with Crippen molar-refractivity contribution in [3.8, 4) is 0 Å². The summed E-state index contributed by atoms with van der Waals surface area (Å²) in [6.45, 7) is 9.15. The largest absolute Gasteiger partial charge is 0.316 e. The van der Waals surface area contributed by atoms with E-state index in [1.165, 1.54) is 44.5 Å². The molecule has 0 aromatic heterocycles. The molecule has 0 N–H and O–H groups in total. The van der Waals surface area contributed by atoms with Crippen LogP contribution in [0.1, 0.15) is 58.4 Å². The van der Waals surface area contributed by atoms with E-state index in [1.807, 2.05) is 0 Å². The quantitative estimate of drug-likeness (QED) is 0.122. The molecule has 0 aliphatic heterocycles. The van der Waals surface area contributed by atoms with Crippen molar-refractivity contribution in [3.05, 3.63) is 275 Å². The molecule has 0 heterocycles. The Bertz CT molecular complexity index is 2390. The van der Waals surface area contributed by atoms with Gasteiger partial charge in [-0.05, 0) is 94.8 Å². The van der Waals surface area contributed by atoms with Crippen LogP contribution in [0.3, 0.4) is 0 Å². The zero-order valence-corrected chi connectivity index (χ0v) is 34.3. The van der Waals surface area contributed by atoms with Gasteiger partial charge in [-0.2, -0.15) is 0 Å². The lowest BCUT2D eigenvalue weighted by atomic mass is 9.77. The van der Waals surface area contributed by atoms with Gasteiger partial charge in [-0.3, -0.25) is 0 Å². The van der Waals surface area contributed by atoms with Crippen LogP contribution in [0.25, 0.3) is 11.1 Å². The normalized spacial score (nSPS) is 11.1. The molecule has 2 nitrogen and oxygen atoms in total. The molecule has 0 radical (unpaired) electrons. The molecule has 0 atom stereocenters. The number of rotatable bonds is 12. The fraction of sp³-hybridized carbons (Fsp3) is 0.0877. The first-order chi connectivity index (χ1) is 28.9. The van der Waals surface area contributed by atoms with Crippen molar-refractivity contribution in [2.24, 2.45) is 0 Å². The van der Waals surface area contributed by atoms with Crippen LogP contribution in [-0.4, -0.2) is 0 Å². The molecule has 8 aromatic rings. The van der Waals surface area contributed by atoms with E-state index in [-0.39, 0.29) is 5.41 Å². The molecular formula is C57H50N2. The molecule has 59 heavy (non-hydrogen) atoms. The number of anilines is 4. The molecule has 0 aliphatic rings. The van der Waals surface area contributed by atoms with Gasteiger partial charge in [0.1, 0.15) is 0 Å². The maximum Gasteiger partial charge on any atom is 0.0485 e. The highest BCUT2D eigenvalue weighted by Gasteiger charge is 2.26. The van der Waals surface area contributed by atoms with Crippen molar-refractivity contribution in [3.63, 3.8) is 0 Å². The maximum atomic E-state index is 2.37. The summed E-state index contributed by atoms with van der Waals surface area (Å²) in [7, 11) is 0. The summed E-state index contributed by atoms with van der Waals surface area (Å²) in [6.07, 6.45) is 4.59. The Balaban J connectivity index is 1.18. The van der Waals surface area contributed by atoms with E-state index in [2.05, 4.69) is 268 Å². The Hall–Kier alpha value is -7.16. The van der Waals surface area contributed by atoms with Crippen molar-refractivity contribution < 1.29 is 0 Å². The third kappa shape index (κ3) is 8.59. The van der Waals surface area contributed by atoms with Crippen LogP contribution in [0.4, 0.5) is 22.7 Å². The Morgan fingerprint density at radius 1 is 0.356 bits per heavy atom. The standard InChI is InChI=1S/C57H50N2/c1-43-39-49(35-37-55(43)58(51-31-19-9-20-32-51)41-53(45-23-11-5-12-24-45)46-25-13-6-14-26-46)57(3,4)50-36-38-56(44(2)40-50)59(52-33-21-10-22-34-52)42-54(47-27-15-7-16-28-47)48-29-17-8-18-30-48/h5-42H,1-4H3. The first-order valence-corrected chi connectivity index (χ1v) is 20.4. The van der Waals surface area contributed by atoms with E-state index in [1.54, 1.807) is 0 Å². The second-order valence-electron chi connectivity index (χ2n) is 15.6. The first-order valence-electron chi connectivity index (χ1n) is 20.4. The van der Waals surface area contributed by atoms with Gasteiger partial charge in [0.25, 0.3) is 0 Å². The molecule has 0 unspecified atom stereocenters. The van der Waals surface area contributed by atoms with Gasteiger partial charge < -0.3 is 9.80 Å². The van der Waals surface area contributed by atoms with Gasteiger partial charge >= 0.3 is 0 Å². The number of para-hydroxylation sites is 2. The monoisotopic (exact) mass is 762 g/mol. The van der Waals surface area contributed by atoms with Gasteiger partial charge in [0.2, 0.25) is 0 Å². The van der Waals surface area contributed by atoms with E-state index in [9.17, 15) is 0 Å². The van der Waals surface area contributed by atoms with Crippen LogP contribution in [-0.2, 0) is 5.41 Å². The number of hydrogen-bond acceptors (Lipinski definition) is 2. The number of aryl methyl sites for hydroxylation is 2. The third-order valence-corrected chi connectivity index (χ3v) is 11.3. The van der Waals surface area contributed by atoms with Gasteiger partial charge in [0.15, 0.2) is 0 Å². The van der Waals surface area contributed by atoms with Crippen LogP contribution in [0.15, 0.2) is 231 Å². The van der Waals surface area contributed by atoms with Gasteiger partial charge in [-0.25, -0.2) is 0 Å².